The van der Waals surface area contributed by atoms with Crippen molar-refractivity contribution in [1.29, 1.82) is 0 Å². The van der Waals surface area contributed by atoms with E-state index in [0.29, 0.717) is 6.42 Å². The first-order chi connectivity index (χ1) is 9.19. The van der Waals surface area contributed by atoms with E-state index in [-0.39, 0.29) is 6.42 Å². The minimum Gasteiger partial charge on any atom is -0.481 e. The van der Waals surface area contributed by atoms with E-state index in [9.17, 15) is 4.79 Å². The standard InChI is InChI=1S/C14H14BrNO2S/c15-6-5-12-9-10(13-2-1-7-19-13)8-11(16-12)3-4-14(17)18/h1-2,7-9H,3-6H2,(H,17,18). The highest BCUT2D eigenvalue weighted by atomic mass is 79.9. The van der Waals surface area contributed by atoms with Gasteiger partial charge in [0.25, 0.3) is 0 Å². The molecule has 19 heavy (non-hydrogen) atoms. The molecule has 0 saturated carbocycles. The van der Waals surface area contributed by atoms with Crippen LogP contribution in [-0.4, -0.2) is 21.4 Å². The highest BCUT2D eigenvalue weighted by Gasteiger charge is 2.07. The Morgan fingerprint density at radius 3 is 2.63 bits per heavy atom. The summed E-state index contributed by atoms with van der Waals surface area (Å²) in [5.74, 6) is -0.787. The maximum atomic E-state index is 10.7. The third-order valence-corrected chi connectivity index (χ3v) is 4.00. The van der Waals surface area contributed by atoms with Gasteiger partial charge in [0.1, 0.15) is 0 Å². The molecule has 0 aliphatic rings. The number of rotatable bonds is 6. The second kappa shape index (κ2) is 6.82. The number of carboxylic acid groups (broad SMARTS) is 1. The van der Waals surface area contributed by atoms with Crippen LogP contribution >= 0.6 is 27.3 Å². The Morgan fingerprint density at radius 2 is 2.05 bits per heavy atom. The number of carbonyl (C=O) groups is 1. The topological polar surface area (TPSA) is 50.2 Å². The van der Waals surface area contributed by atoms with Crippen LogP contribution < -0.4 is 0 Å². The molecule has 0 amide bonds. The zero-order chi connectivity index (χ0) is 13.7. The van der Waals surface area contributed by atoms with Crippen molar-refractivity contribution in [2.24, 2.45) is 0 Å². The molecule has 0 unspecified atom stereocenters. The van der Waals surface area contributed by atoms with Crippen LogP contribution in [0.4, 0.5) is 0 Å². The van der Waals surface area contributed by atoms with Crippen LogP contribution in [0.1, 0.15) is 17.8 Å². The number of hydrogen-bond donors (Lipinski definition) is 1. The number of hydrogen-bond acceptors (Lipinski definition) is 3. The van der Waals surface area contributed by atoms with Gasteiger partial charge >= 0.3 is 5.97 Å². The van der Waals surface area contributed by atoms with Crippen LogP contribution in [-0.2, 0) is 17.6 Å². The summed E-state index contributed by atoms with van der Waals surface area (Å²) in [5, 5.41) is 11.7. The van der Waals surface area contributed by atoms with E-state index in [1.165, 1.54) is 4.88 Å². The SMILES string of the molecule is O=C(O)CCc1cc(-c2cccs2)cc(CCBr)n1. The van der Waals surface area contributed by atoms with Crippen molar-refractivity contribution in [3.63, 3.8) is 0 Å². The summed E-state index contributed by atoms with van der Waals surface area (Å²) in [4.78, 5) is 16.4. The van der Waals surface area contributed by atoms with Crippen molar-refractivity contribution in [1.82, 2.24) is 4.98 Å². The predicted molar refractivity (Wildman–Crippen MR) is 81.0 cm³/mol. The molecule has 0 atom stereocenters. The first kappa shape index (κ1) is 14.2. The molecule has 0 radical (unpaired) electrons. The van der Waals surface area contributed by atoms with Gasteiger partial charge in [-0.3, -0.25) is 9.78 Å². The van der Waals surface area contributed by atoms with Crippen molar-refractivity contribution in [2.75, 3.05) is 5.33 Å². The summed E-state index contributed by atoms with van der Waals surface area (Å²) in [7, 11) is 0. The number of halogens is 1. The van der Waals surface area contributed by atoms with Gasteiger partial charge in [-0.15, -0.1) is 11.3 Å². The molecule has 0 spiro atoms. The number of pyridine rings is 1. The Morgan fingerprint density at radius 1 is 1.32 bits per heavy atom. The number of aliphatic carboxylic acids is 1. The average Bonchev–Trinajstić information content (AvgIpc) is 2.90. The lowest BCUT2D eigenvalue weighted by atomic mass is 10.1. The fourth-order valence-corrected chi connectivity index (χ4v) is 2.94. The summed E-state index contributed by atoms with van der Waals surface area (Å²) in [6.07, 6.45) is 1.44. The molecule has 2 heterocycles. The Hall–Kier alpha value is -1.20. The molecule has 1 N–H and O–H groups in total. The number of thiophene rings is 1. The van der Waals surface area contributed by atoms with Crippen molar-refractivity contribution >= 4 is 33.2 Å². The minimum atomic E-state index is -0.787. The third-order valence-electron chi connectivity index (χ3n) is 2.68. The van der Waals surface area contributed by atoms with Crippen LogP contribution in [0.25, 0.3) is 10.4 Å². The maximum Gasteiger partial charge on any atom is 0.303 e. The van der Waals surface area contributed by atoms with Crippen molar-refractivity contribution in [2.45, 2.75) is 19.3 Å². The van der Waals surface area contributed by atoms with Gasteiger partial charge in [0.2, 0.25) is 0 Å². The van der Waals surface area contributed by atoms with Crippen LogP contribution in [0.3, 0.4) is 0 Å². The third kappa shape index (κ3) is 4.14. The zero-order valence-corrected chi connectivity index (χ0v) is 12.7. The molecular formula is C14H14BrNO2S. The molecular weight excluding hydrogens is 326 g/mol. The van der Waals surface area contributed by atoms with Gasteiger partial charge in [-0.25, -0.2) is 0 Å². The van der Waals surface area contributed by atoms with Crippen LogP contribution in [0, 0.1) is 0 Å². The highest BCUT2D eigenvalue weighted by Crippen LogP contribution is 2.26. The molecule has 2 rings (SSSR count). The summed E-state index contributed by atoms with van der Waals surface area (Å²) < 4.78 is 0. The molecule has 0 aromatic carbocycles. The van der Waals surface area contributed by atoms with Gasteiger partial charge in [0.05, 0.1) is 6.42 Å². The first-order valence-corrected chi connectivity index (χ1v) is 8.00. The molecule has 0 saturated heterocycles. The lowest BCUT2D eigenvalue weighted by Gasteiger charge is -2.06. The van der Waals surface area contributed by atoms with E-state index in [4.69, 9.17) is 5.11 Å². The second-order valence-electron chi connectivity index (χ2n) is 4.15. The van der Waals surface area contributed by atoms with Gasteiger partial charge in [-0.05, 0) is 35.6 Å². The van der Waals surface area contributed by atoms with Crippen LogP contribution in [0.2, 0.25) is 0 Å². The van der Waals surface area contributed by atoms with Crippen molar-refractivity contribution in [3.8, 4) is 10.4 Å². The molecule has 0 bridgehead atoms. The van der Waals surface area contributed by atoms with E-state index in [0.717, 1.165) is 28.7 Å². The summed E-state index contributed by atoms with van der Waals surface area (Å²) in [5.41, 5.74) is 2.98. The Kier molecular flexibility index (Phi) is 5.10. The summed E-state index contributed by atoms with van der Waals surface area (Å²) in [6, 6.07) is 8.16. The summed E-state index contributed by atoms with van der Waals surface area (Å²) >= 11 is 5.09. The lowest BCUT2D eigenvalue weighted by molar-refractivity contribution is -0.136. The Balaban J connectivity index is 2.29. The van der Waals surface area contributed by atoms with E-state index < -0.39 is 5.97 Å². The van der Waals surface area contributed by atoms with Gasteiger partial charge in [0.15, 0.2) is 0 Å². The molecule has 2 aromatic heterocycles. The Bertz CT molecular complexity index is 555. The number of carboxylic acids is 1. The van der Waals surface area contributed by atoms with Crippen molar-refractivity contribution in [3.05, 3.63) is 41.0 Å². The minimum absolute atomic E-state index is 0.120. The number of alkyl halides is 1. The second-order valence-corrected chi connectivity index (χ2v) is 5.89. The Labute approximate surface area is 124 Å². The lowest BCUT2D eigenvalue weighted by Crippen LogP contribution is -2.02. The fourth-order valence-electron chi connectivity index (χ4n) is 1.82. The molecule has 100 valence electrons. The smallest absolute Gasteiger partial charge is 0.303 e. The molecule has 0 aliphatic carbocycles. The quantitative estimate of drug-likeness (QED) is 0.815. The molecule has 5 heteroatoms. The largest absolute Gasteiger partial charge is 0.481 e. The van der Waals surface area contributed by atoms with Crippen LogP contribution in [0.5, 0.6) is 0 Å². The average molecular weight is 340 g/mol. The van der Waals surface area contributed by atoms with Gasteiger partial charge in [-0.1, -0.05) is 22.0 Å². The molecule has 0 fully saturated rings. The van der Waals surface area contributed by atoms with Crippen molar-refractivity contribution < 1.29 is 9.90 Å². The molecule has 2 aromatic rings. The monoisotopic (exact) mass is 339 g/mol. The number of aryl methyl sites for hydroxylation is 2. The van der Waals surface area contributed by atoms with Crippen LogP contribution in [0.15, 0.2) is 29.6 Å². The maximum absolute atomic E-state index is 10.7. The fraction of sp³-hybridized carbons (Fsp3) is 0.286. The van der Waals surface area contributed by atoms with Gasteiger partial charge in [0, 0.05) is 28.0 Å². The number of aromatic nitrogens is 1. The summed E-state index contributed by atoms with van der Waals surface area (Å²) in [6.45, 7) is 0. The first-order valence-electron chi connectivity index (χ1n) is 6.00. The predicted octanol–water partition coefficient (Wildman–Crippen LogP) is 3.76. The normalized spacial score (nSPS) is 10.6. The number of nitrogens with zero attached hydrogens (tertiary/aromatic N) is 1. The van der Waals surface area contributed by atoms with E-state index in [1.807, 2.05) is 17.5 Å². The highest BCUT2D eigenvalue weighted by molar-refractivity contribution is 9.09. The molecule has 0 aliphatic heterocycles. The molecule has 3 nitrogen and oxygen atoms in total. The van der Waals surface area contributed by atoms with Gasteiger partial charge in [-0.2, -0.15) is 0 Å². The van der Waals surface area contributed by atoms with E-state index in [2.05, 4.69) is 33.0 Å². The zero-order valence-electron chi connectivity index (χ0n) is 10.3. The van der Waals surface area contributed by atoms with E-state index >= 15 is 0 Å². The van der Waals surface area contributed by atoms with E-state index in [1.54, 1.807) is 11.3 Å². The van der Waals surface area contributed by atoms with Gasteiger partial charge < -0.3 is 5.11 Å².